The number of nitrogens with one attached hydrogen (secondary N) is 1. The van der Waals surface area contributed by atoms with E-state index in [9.17, 15) is 15.0 Å². The van der Waals surface area contributed by atoms with Crippen molar-refractivity contribution in [3.05, 3.63) is 87.7 Å². The highest BCUT2D eigenvalue weighted by molar-refractivity contribution is 6.41. The number of pyridine rings is 1. The Morgan fingerprint density at radius 2 is 1.69 bits per heavy atom. The summed E-state index contributed by atoms with van der Waals surface area (Å²) in [4.78, 5) is 16.1. The Labute approximate surface area is 195 Å². The van der Waals surface area contributed by atoms with Crippen molar-refractivity contribution >= 4 is 29.3 Å². The monoisotopic (exact) mass is 472 g/mol. The quantitative estimate of drug-likeness (QED) is 0.433. The van der Waals surface area contributed by atoms with Gasteiger partial charge in [0.1, 0.15) is 17.9 Å². The van der Waals surface area contributed by atoms with E-state index in [4.69, 9.17) is 27.9 Å². The fraction of sp³-hybridized carbons (Fsp3) is 0.250. The molecule has 0 saturated carbocycles. The molecule has 166 valence electrons. The summed E-state index contributed by atoms with van der Waals surface area (Å²) in [5.74, 6) is -0.0253. The molecule has 1 aliphatic carbocycles. The van der Waals surface area contributed by atoms with Gasteiger partial charge in [-0.15, -0.1) is 0 Å². The molecule has 0 spiro atoms. The molecule has 4 rings (SSSR count). The third kappa shape index (κ3) is 4.74. The van der Waals surface area contributed by atoms with Gasteiger partial charge >= 0.3 is 6.09 Å². The molecular weight excluding hydrogens is 451 g/mol. The van der Waals surface area contributed by atoms with Crippen LogP contribution in [0.3, 0.4) is 0 Å². The highest BCUT2D eigenvalue weighted by Gasteiger charge is 2.29. The van der Waals surface area contributed by atoms with Crippen LogP contribution in [-0.2, 0) is 4.74 Å². The molecule has 2 unspecified atom stereocenters. The predicted molar refractivity (Wildman–Crippen MR) is 123 cm³/mol. The van der Waals surface area contributed by atoms with Crippen LogP contribution in [0.5, 0.6) is 0 Å². The van der Waals surface area contributed by atoms with E-state index in [-0.39, 0.29) is 35.7 Å². The number of nitrogens with zero attached hydrogens (tertiary/aromatic N) is 1. The van der Waals surface area contributed by atoms with Crippen LogP contribution in [0.4, 0.5) is 4.79 Å². The van der Waals surface area contributed by atoms with Gasteiger partial charge in [0.15, 0.2) is 0 Å². The molecular formula is C24H22Cl2N2O4. The molecule has 32 heavy (non-hydrogen) atoms. The number of aliphatic hydroxyl groups excluding tert-OH is 2. The number of carbonyl (C=O) groups is 1. The Morgan fingerprint density at radius 3 is 2.31 bits per heavy atom. The Kier molecular flexibility index (Phi) is 6.96. The van der Waals surface area contributed by atoms with Gasteiger partial charge in [-0.3, -0.25) is 0 Å². The lowest BCUT2D eigenvalue weighted by atomic mass is 9.98. The molecule has 8 heteroatoms. The predicted octanol–water partition coefficient (Wildman–Crippen LogP) is 4.71. The lowest BCUT2D eigenvalue weighted by molar-refractivity contribution is 0.0135. The molecule has 0 saturated heterocycles. The van der Waals surface area contributed by atoms with Gasteiger partial charge in [0.05, 0.1) is 11.1 Å². The molecule has 0 aliphatic heterocycles. The van der Waals surface area contributed by atoms with Crippen LogP contribution in [-0.4, -0.2) is 40.5 Å². The number of halogens is 2. The molecule has 6 nitrogen and oxygen atoms in total. The molecule has 1 heterocycles. The normalized spacial score (nSPS) is 14.4. The number of fused-ring (bicyclic) bond motifs is 3. The van der Waals surface area contributed by atoms with Gasteiger partial charge in [-0.25, -0.2) is 9.78 Å². The van der Waals surface area contributed by atoms with E-state index >= 15 is 0 Å². The summed E-state index contributed by atoms with van der Waals surface area (Å²) in [6.07, 6.45) is -1.44. The Morgan fingerprint density at radius 1 is 1.06 bits per heavy atom. The average molecular weight is 473 g/mol. The Bertz CT molecular complexity index is 1080. The number of alkyl carbamates (subject to hydrolysis) is 1. The van der Waals surface area contributed by atoms with Crippen molar-refractivity contribution in [3.8, 4) is 11.1 Å². The van der Waals surface area contributed by atoms with Crippen LogP contribution in [0, 0.1) is 0 Å². The summed E-state index contributed by atoms with van der Waals surface area (Å²) in [5, 5.41) is 23.4. The van der Waals surface area contributed by atoms with E-state index in [1.54, 1.807) is 0 Å². The first kappa shape index (κ1) is 22.6. The standard InChI is InChI=1S/C24H22Cl2N2O4/c25-20-11-14(12-28-23(20)26)22(30)21(29)9-10-27-24(31)32-13-19-17-7-3-1-5-15(17)16-6-2-4-8-18(16)19/h1-8,11-12,19,21-22,29-30H,9-10,13H2,(H,27,31). The number of hydrogen-bond acceptors (Lipinski definition) is 5. The number of hydrogen-bond donors (Lipinski definition) is 3. The first-order chi connectivity index (χ1) is 15.5. The lowest BCUT2D eigenvalue weighted by Crippen LogP contribution is -2.30. The fourth-order valence-electron chi connectivity index (χ4n) is 3.95. The summed E-state index contributed by atoms with van der Waals surface area (Å²) < 4.78 is 5.46. The molecule has 1 amide bonds. The number of ether oxygens (including phenoxy) is 1. The van der Waals surface area contributed by atoms with Gasteiger partial charge in [0.2, 0.25) is 0 Å². The minimum atomic E-state index is -1.21. The van der Waals surface area contributed by atoms with E-state index in [1.165, 1.54) is 12.3 Å². The van der Waals surface area contributed by atoms with Crippen molar-refractivity contribution in [2.45, 2.75) is 24.5 Å². The first-order valence-corrected chi connectivity index (χ1v) is 11.0. The minimum Gasteiger partial charge on any atom is -0.449 e. The average Bonchev–Trinajstić information content (AvgIpc) is 3.12. The van der Waals surface area contributed by atoms with Crippen molar-refractivity contribution in [2.24, 2.45) is 0 Å². The summed E-state index contributed by atoms with van der Waals surface area (Å²) >= 11 is 11.7. The van der Waals surface area contributed by atoms with Crippen LogP contribution in [0.2, 0.25) is 10.2 Å². The van der Waals surface area contributed by atoms with Crippen molar-refractivity contribution in [3.63, 3.8) is 0 Å². The maximum atomic E-state index is 12.2. The third-order valence-corrected chi connectivity index (χ3v) is 6.26. The largest absolute Gasteiger partial charge is 0.449 e. The number of carbonyl (C=O) groups excluding carboxylic acids is 1. The molecule has 1 aromatic heterocycles. The van der Waals surface area contributed by atoms with E-state index in [1.807, 2.05) is 24.3 Å². The zero-order valence-corrected chi connectivity index (χ0v) is 18.6. The topological polar surface area (TPSA) is 91.7 Å². The zero-order chi connectivity index (χ0) is 22.7. The number of amides is 1. The molecule has 0 radical (unpaired) electrons. The number of rotatable bonds is 7. The summed E-state index contributed by atoms with van der Waals surface area (Å²) in [7, 11) is 0. The number of benzene rings is 2. The molecule has 2 aromatic carbocycles. The maximum absolute atomic E-state index is 12.2. The molecule has 0 fully saturated rings. The lowest BCUT2D eigenvalue weighted by Gasteiger charge is -2.19. The second-order valence-electron chi connectivity index (χ2n) is 7.59. The van der Waals surface area contributed by atoms with Crippen molar-refractivity contribution < 1.29 is 19.7 Å². The van der Waals surface area contributed by atoms with Gasteiger partial charge < -0.3 is 20.3 Å². The van der Waals surface area contributed by atoms with Gasteiger partial charge in [-0.2, -0.15) is 0 Å². The zero-order valence-electron chi connectivity index (χ0n) is 17.0. The first-order valence-electron chi connectivity index (χ1n) is 10.2. The van der Waals surface area contributed by atoms with E-state index in [0.29, 0.717) is 5.56 Å². The van der Waals surface area contributed by atoms with Gasteiger partial charge in [-0.1, -0.05) is 71.7 Å². The molecule has 1 aliphatic rings. The maximum Gasteiger partial charge on any atom is 0.407 e. The fourth-order valence-corrected chi connectivity index (χ4v) is 4.23. The van der Waals surface area contributed by atoms with E-state index in [0.717, 1.165) is 22.3 Å². The second-order valence-corrected chi connectivity index (χ2v) is 8.36. The van der Waals surface area contributed by atoms with Crippen LogP contribution < -0.4 is 5.32 Å². The van der Waals surface area contributed by atoms with Gasteiger partial charge in [0, 0.05) is 24.2 Å². The van der Waals surface area contributed by atoms with Gasteiger partial charge in [-0.05, 0) is 34.7 Å². The van der Waals surface area contributed by atoms with Gasteiger partial charge in [0.25, 0.3) is 0 Å². The molecule has 0 bridgehead atoms. The number of aliphatic hydroxyl groups is 2. The summed E-state index contributed by atoms with van der Waals surface area (Å²) in [6, 6.07) is 17.7. The third-order valence-electron chi connectivity index (χ3n) is 5.58. The van der Waals surface area contributed by atoms with Crippen molar-refractivity contribution in [1.29, 1.82) is 0 Å². The summed E-state index contributed by atoms with van der Waals surface area (Å²) in [5.41, 5.74) is 4.93. The molecule has 2 atom stereocenters. The van der Waals surface area contributed by atoms with Crippen LogP contribution >= 0.6 is 23.2 Å². The number of aromatic nitrogens is 1. The van der Waals surface area contributed by atoms with Crippen LogP contribution in [0.25, 0.3) is 11.1 Å². The van der Waals surface area contributed by atoms with Crippen molar-refractivity contribution in [1.82, 2.24) is 10.3 Å². The van der Waals surface area contributed by atoms with E-state index < -0.39 is 18.3 Å². The van der Waals surface area contributed by atoms with Crippen molar-refractivity contribution in [2.75, 3.05) is 13.2 Å². The smallest absolute Gasteiger partial charge is 0.407 e. The Balaban J connectivity index is 1.28. The molecule has 3 N–H and O–H groups in total. The SMILES string of the molecule is O=C(NCCC(O)C(O)c1cnc(Cl)c(Cl)c1)OCC1c2ccccc2-c2ccccc21. The molecule has 3 aromatic rings. The summed E-state index contributed by atoms with van der Waals surface area (Å²) in [6.45, 7) is 0.337. The van der Waals surface area contributed by atoms with Crippen LogP contribution in [0.1, 0.15) is 35.1 Å². The second kappa shape index (κ2) is 9.88. The van der Waals surface area contributed by atoms with Crippen LogP contribution in [0.15, 0.2) is 60.8 Å². The highest BCUT2D eigenvalue weighted by Crippen LogP contribution is 2.44. The van der Waals surface area contributed by atoms with E-state index in [2.05, 4.69) is 34.6 Å². The minimum absolute atomic E-state index is 0.0253. The Hall–Kier alpha value is -2.64. The highest BCUT2D eigenvalue weighted by atomic mass is 35.5.